The smallest absolute Gasteiger partial charge is 0.275 e. The van der Waals surface area contributed by atoms with Crippen LogP contribution in [0.2, 0.25) is 0 Å². The summed E-state index contributed by atoms with van der Waals surface area (Å²) in [6, 6.07) is 11.6. The lowest BCUT2D eigenvalue weighted by molar-refractivity contribution is -0.385. The van der Waals surface area contributed by atoms with Crippen LogP contribution in [0.5, 0.6) is 11.5 Å². The van der Waals surface area contributed by atoms with Gasteiger partial charge >= 0.3 is 0 Å². The number of carbonyl (C=O) groups excluding carboxylic acids is 1. The third-order valence-electron chi connectivity index (χ3n) is 3.91. The molecule has 130 valence electrons. The predicted molar refractivity (Wildman–Crippen MR) is 95.3 cm³/mol. The topological polar surface area (TPSA) is 81.9 Å². The Bertz CT molecular complexity index is 826. The fraction of sp³-hybridized carbons (Fsp3) is 0.235. The van der Waals surface area contributed by atoms with Crippen molar-refractivity contribution in [1.82, 2.24) is 0 Å². The lowest BCUT2D eigenvalue weighted by Crippen LogP contribution is -2.28. The number of thioether (sulfide) groups is 1. The van der Waals surface area contributed by atoms with Gasteiger partial charge < -0.3 is 9.47 Å². The van der Waals surface area contributed by atoms with Gasteiger partial charge in [-0.2, -0.15) is 0 Å². The van der Waals surface area contributed by atoms with Crippen molar-refractivity contribution in [3.05, 3.63) is 58.1 Å². The van der Waals surface area contributed by atoms with E-state index in [9.17, 15) is 14.9 Å². The third kappa shape index (κ3) is 3.12. The van der Waals surface area contributed by atoms with E-state index in [1.165, 1.54) is 24.9 Å². The number of benzene rings is 2. The highest BCUT2D eigenvalue weighted by Crippen LogP contribution is 2.47. The van der Waals surface area contributed by atoms with Gasteiger partial charge in [0.2, 0.25) is 5.91 Å². The normalized spacial score (nSPS) is 16.8. The van der Waals surface area contributed by atoms with Gasteiger partial charge in [-0.25, -0.2) is 0 Å². The Morgan fingerprint density at radius 3 is 2.64 bits per heavy atom. The van der Waals surface area contributed by atoms with E-state index in [1.54, 1.807) is 48.4 Å². The Morgan fingerprint density at radius 2 is 1.96 bits per heavy atom. The number of para-hydroxylation sites is 1. The molecule has 0 radical (unpaired) electrons. The number of hydrogen-bond acceptors (Lipinski definition) is 6. The lowest BCUT2D eigenvalue weighted by Gasteiger charge is -2.26. The van der Waals surface area contributed by atoms with Crippen molar-refractivity contribution in [2.75, 3.05) is 24.9 Å². The molecule has 25 heavy (non-hydrogen) atoms. The molecule has 3 rings (SSSR count). The molecule has 1 unspecified atom stereocenters. The molecule has 1 saturated heterocycles. The van der Waals surface area contributed by atoms with Crippen LogP contribution in [0.1, 0.15) is 10.9 Å². The highest BCUT2D eigenvalue weighted by molar-refractivity contribution is 8.00. The van der Waals surface area contributed by atoms with E-state index in [4.69, 9.17) is 9.47 Å². The van der Waals surface area contributed by atoms with Crippen LogP contribution in [0, 0.1) is 10.1 Å². The van der Waals surface area contributed by atoms with Crippen molar-refractivity contribution in [3.8, 4) is 11.5 Å². The number of nitrogens with zero attached hydrogens (tertiary/aromatic N) is 2. The molecule has 0 N–H and O–H groups in total. The zero-order chi connectivity index (χ0) is 18.0. The highest BCUT2D eigenvalue weighted by Gasteiger charge is 2.38. The molecule has 1 amide bonds. The molecule has 1 aliphatic heterocycles. The van der Waals surface area contributed by atoms with Crippen LogP contribution < -0.4 is 14.4 Å². The van der Waals surface area contributed by atoms with Crippen molar-refractivity contribution in [2.45, 2.75) is 5.37 Å². The van der Waals surface area contributed by atoms with Gasteiger partial charge in [-0.15, -0.1) is 11.8 Å². The molecule has 1 atom stereocenters. The number of methoxy groups -OCH3 is 2. The number of nitro benzene ring substituents is 1. The zero-order valence-electron chi connectivity index (χ0n) is 13.7. The van der Waals surface area contributed by atoms with Crippen molar-refractivity contribution in [2.24, 2.45) is 0 Å². The highest BCUT2D eigenvalue weighted by atomic mass is 32.2. The number of ether oxygens (including phenoxy) is 2. The largest absolute Gasteiger partial charge is 0.497 e. The van der Waals surface area contributed by atoms with Gasteiger partial charge in [0.1, 0.15) is 16.9 Å². The van der Waals surface area contributed by atoms with Crippen LogP contribution in [0.25, 0.3) is 0 Å². The second kappa shape index (κ2) is 7.02. The van der Waals surface area contributed by atoms with E-state index in [2.05, 4.69) is 0 Å². The van der Waals surface area contributed by atoms with E-state index in [1.807, 2.05) is 0 Å². The third-order valence-corrected chi connectivity index (χ3v) is 5.11. The van der Waals surface area contributed by atoms with Crippen LogP contribution in [0.3, 0.4) is 0 Å². The maximum atomic E-state index is 12.5. The molecule has 0 aromatic heterocycles. The Balaban J connectivity index is 2.09. The SMILES string of the molecule is COc1ccc(N2C(=O)CSC2c2ccccc2[N+](=O)[O-])c(OC)c1. The zero-order valence-corrected chi connectivity index (χ0v) is 14.5. The maximum Gasteiger partial charge on any atom is 0.275 e. The van der Waals surface area contributed by atoms with Crippen molar-refractivity contribution in [1.29, 1.82) is 0 Å². The summed E-state index contributed by atoms with van der Waals surface area (Å²) in [6.07, 6.45) is 0. The van der Waals surface area contributed by atoms with Gasteiger partial charge in [0.05, 0.1) is 36.1 Å². The van der Waals surface area contributed by atoms with Gasteiger partial charge in [-0.1, -0.05) is 12.1 Å². The second-order valence-corrected chi connectivity index (χ2v) is 6.35. The predicted octanol–water partition coefficient (Wildman–Crippen LogP) is 3.39. The van der Waals surface area contributed by atoms with E-state index < -0.39 is 10.3 Å². The summed E-state index contributed by atoms with van der Waals surface area (Å²) in [5.74, 6) is 1.18. The fourth-order valence-corrected chi connectivity index (χ4v) is 3.96. The number of nitro groups is 1. The maximum absolute atomic E-state index is 12.5. The Kier molecular flexibility index (Phi) is 4.80. The quantitative estimate of drug-likeness (QED) is 0.600. The van der Waals surface area contributed by atoms with Crippen molar-refractivity contribution >= 4 is 29.0 Å². The summed E-state index contributed by atoms with van der Waals surface area (Å²) in [5.41, 5.74) is 1.04. The number of amides is 1. The van der Waals surface area contributed by atoms with Crippen LogP contribution in [-0.2, 0) is 4.79 Å². The van der Waals surface area contributed by atoms with Gasteiger partial charge in [0.15, 0.2) is 0 Å². The summed E-state index contributed by atoms with van der Waals surface area (Å²) < 4.78 is 10.6. The monoisotopic (exact) mass is 360 g/mol. The van der Waals surface area contributed by atoms with Gasteiger partial charge in [0, 0.05) is 12.1 Å². The summed E-state index contributed by atoms with van der Waals surface area (Å²) in [6.45, 7) is 0. The molecule has 7 nitrogen and oxygen atoms in total. The van der Waals surface area contributed by atoms with E-state index >= 15 is 0 Å². The first-order valence-electron chi connectivity index (χ1n) is 7.46. The average molecular weight is 360 g/mol. The number of carbonyl (C=O) groups is 1. The first-order valence-corrected chi connectivity index (χ1v) is 8.50. The van der Waals surface area contributed by atoms with Gasteiger partial charge in [-0.05, 0) is 18.2 Å². The van der Waals surface area contributed by atoms with Crippen LogP contribution in [0.15, 0.2) is 42.5 Å². The molecule has 1 fully saturated rings. The summed E-state index contributed by atoms with van der Waals surface area (Å²) in [7, 11) is 3.05. The molecule has 0 aliphatic carbocycles. The fourth-order valence-electron chi connectivity index (χ4n) is 2.76. The number of anilines is 1. The minimum atomic E-state index is -0.489. The number of hydrogen-bond donors (Lipinski definition) is 0. The van der Waals surface area contributed by atoms with E-state index in [0.29, 0.717) is 22.7 Å². The molecule has 0 bridgehead atoms. The molecular weight excluding hydrogens is 344 g/mol. The molecule has 1 aliphatic rings. The standard InChI is InChI=1S/C17H16N2O5S/c1-23-11-7-8-14(15(9-11)24-2)18-16(20)10-25-17(18)12-5-3-4-6-13(12)19(21)22/h3-9,17H,10H2,1-2H3. The summed E-state index contributed by atoms with van der Waals surface area (Å²) in [4.78, 5) is 25.0. The first kappa shape index (κ1) is 17.1. The summed E-state index contributed by atoms with van der Waals surface area (Å²) in [5, 5.41) is 10.9. The summed E-state index contributed by atoms with van der Waals surface area (Å²) >= 11 is 1.35. The second-order valence-electron chi connectivity index (χ2n) is 5.28. The molecule has 0 spiro atoms. The first-order chi connectivity index (χ1) is 12.1. The average Bonchev–Trinajstić information content (AvgIpc) is 3.02. The Morgan fingerprint density at radius 1 is 1.20 bits per heavy atom. The Labute approximate surface area is 148 Å². The van der Waals surface area contributed by atoms with Crippen molar-refractivity contribution < 1.29 is 19.2 Å². The van der Waals surface area contributed by atoms with E-state index in [-0.39, 0.29) is 17.3 Å². The molecule has 0 saturated carbocycles. The lowest BCUT2D eigenvalue weighted by atomic mass is 10.1. The van der Waals surface area contributed by atoms with Crippen LogP contribution in [-0.4, -0.2) is 30.8 Å². The van der Waals surface area contributed by atoms with Gasteiger partial charge in [0.25, 0.3) is 5.69 Å². The van der Waals surface area contributed by atoms with Crippen LogP contribution >= 0.6 is 11.8 Å². The van der Waals surface area contributed by atoms with Gasteiger partial charge in [-0.3, -0.25) is 19.8 Å². The number of rotatable bonds is 5. The molecule has 8 heteroatoms. The van der Waals surface area contributed by atoms with Crippen LogP contribution in [0.4, 0.5) is 11.4 Å². The molecule has 2 aromatic carbocycles. The molecular formula is C17H16N2O5S. The molecule has 2 aromatic rings. The molecule has 1 heterocycles. The minimum Gasteiger partial charge on any atom is -0.497 e. The van der Waals surface area contributed by atoms with Crippen molar-refractivity contribution in [3.63, 3.8) is 0 Å². The minimum absolute atomic E-state index is 0.00724. The Hall–Kier alpha value is -2.74. The van der Waals surface area contributed by atoms with E-state index in [0.717, 1.165) is 0 Å².